The maximum atomic E-state index is 12.5. The Kier molecular flexibility index (Phi) is 6.62. The minimum atomic E-state index is -0.169. The highest BCUT2D eigenvalue weighted by molar-refractivity contribution is 6.04. The van der Waals surface area contributed by atoms with E-state index in [4.69, 9.17) is 14.2 Å². The van der Waals surface area contributed by atoms with Crippen LogP contribution in [0.3, 0.4) is 0 Å². The molecule has 4 rings (SSSR count). The van der Waals surface area contributed by atoms with Gasteiger partial charge in [0.2, 0.25) is 0 Å². The molecule has 3 aromatic rings. The SMILES string of the molecule is O=C(Nc1ccc(OCC2CCCO2)cc1)c1ccc(OCc2ccccc2)cc1. The Morgan fingerprint density at radius 1 is 0.900 bits per heavy atom. The Morgan fingerprint density at radius 2 is 1.60 bits per heavy atom. The molecule has 154 valence electrons. The number of amides is 1. The van der Waals surface area contributed by atoms with E-state index < -0.39 is 0 Å². The van der Waals surface area contributed by atoms with Gasteiger partial charge in [-0.15, -0.1) is 0 Å². The zero-order chi connectivity index (χ0) is 20.6. The molecule has 1 saturated heterocycles. The molecule has 1 heterocycles. The third-order valence-corrected chi connectivity index (χ3v) is 4.94. The van der Waals surface area contributed by atoms with Crippen LogP contribution in [0.4, 0.5) is 5.69 Å². The zero-order valence-electron chi connectivity index (χ0n) is 16.8. The maximum Gasteiger partial charge on any atom is 0.255 e. The van der Waals surface area contributed by atoms with Gasteiger partial charge in [-0.2, -0.15) is 0 Å². The molecule has 1 aliphatic rings. The molecule has 0 bridgehead atoms. The number of anilines is 1. The summed E-state index contributed by atoms with van der Waals surface area (Å²) in [6, 6.07) is 24.5. The van der Waals surface area contributed by atoms with Gasteiger partial charge in [0, 0.05) is 17.9 Å². The molecule has 0 aliphatic carbocycles. The molecule has 0 saturated carbocycles. The quantitative estimate of drug-likeness (QED) is 0.570. The number of carbonyl (C=O) groups excluding carboxylic acids is 1. The zero-order valence-corrected chi connectivity index (χ0v) is 16.8. The summed E-state index contributed by atoms with van der Waals surface area (Å²) >= 11 is 0. The molecule has 3 aromatic carbocycles. The van der Waals surface area contributed by atoms with Crippen LogP contribution < -0.4 is 14.8 Å². The summed E-state index contributed by atoms with van der Waals surface area (Å²) in [5.41, 5.74) is 2.39. The maximum absolute atomic E-state index is 12.5. The first-order valence-electron chi connectivity index (χ1n) is 10.2. The van der Waals surface area contributed by atoms with E-state index in [0.717, 1.165) is 36.5 Å². The van der Waals surface area contributed by atoms with Crippen molar-refractivity contribution in [1.29, 1.82) is 0 Å². The number of ether oxygens (including phenoxy) is 3. The first-order chi connectivity index (χ1) is 14.8. The average Bonchev–Trinajstić information content (AvgIpc) is 3.32. The van der Waals surface area contributed by atoms with E-state index >= 15 is 0 Å². The largest absolute Gasteiger partial charge is 0.491 e. The summed E-state index contributed by atoms with van der Waals surface area (Å²) < 4.78 is 17.1. The highest BCUT2D eigenvalue weighted by Gasteiger charge is 2.16. The molecule has 5 heteroatoms. The Labute approximate surface area is 176 Å². The summed E-state index contributed by atoms with van der Waals surface area (Å²) in [6.45, 7) is 1.87. The van der Waals surface area contributed by atoms with Gasteiger partial charge in [-0.1, -0.05) is 30.3 Å². The standard InChI is InChI=1S/C25H25NO4/c27-25(20-8-12-22(13-9-20)29-17-19-5-2-1-3-6-19)26-21-10-14-23(15-11-21)30-18-24-7-4-16-28-24/h1-3,5-6,8-15,24H,4,7,16-18H2,(H,26,27). The second-order valence-corrected chi connectivity index (χ2v) is 7.22. The normalized spacial score (nSPS) is 15.5. The van der Waals surface area contributed by atoms with Crippen LogP contribution >= 0.6 is 0 Å². The van der Waals surface area contributed by atoms with E-state index in [1.807, 2.05) is 54.6 Å². The van der Waals surface area contributed by atoms with Gasteiger partial charge in [0.25, 0.3) is 5.91 Å². The lowest BCUT2D eigenvalue weighted by Crippen LogP contribution is -2.16. The fraction of sp³-hybridized carbons (Fsp3) is 0.240. The van der Waals surface area contributed by atoms with E-state index in [-0.39, 0.29) is 12.0 Å². The minimum absolute atomic E-state index is 0.169. The first kappa shape index (κ1) is 20.0. The van der Waals surface area contributed by atoms with E-state index in [1.165, 1.54) is 0 Å². The summed E-state index contributed by atoms with van der Waals surface area (Å²) in [5, 5.41) is 2.90. The first-order valence-corrected chi connectivity index (χ1v) is 10.2. The molecular weight excluding hydrogens is 378 g/mol. The van der Waals surface area contributed by atoms with Crippen molar-refractivity contribution in [2.24, 2.45) is 0 Å². The van der Waals surface area contributed by atoms with Crippen molar-refractivity contribution in [2.75, 3.05) is 18.5 Å². The third-order valence-electron chi connectivity index (χ3n) is 4.94. The number of rotatable bonds is 8. The monoisotopic (exact) mass is 403 g/mol. The van der Waals surface area contributed by atoms with Crippen molar-refractivity contribution < 1.29 is 19.0 Å². The molecule has 1 N–H and O–H groups in total. The Balaban J connectivity index is 1.26. The topological polar surface area (TPSA) is 56.8 Å². The highest BCUT2D eigenvalue weighted by atomic mass is 16.5. The number of carbonyl (C=O) groups is 1. The van der Waals surface area contributed by atoms with Crippen LogP contribution in [0.2, 0.25) is 0 Å². The lowest BCUT2D eigenvalue weighted by atomic mass is 10.2. The third kappa shape index (κ3) is 5.61. The van der Waals surface area contributed by atoms with Gasteiger partial charge >= 0.3 is 0 Å². The second-order valence-electron chi connectivity index (χ2n) is 7.22. The van der Waals surface area contributed by atoms with Crippen LogP contribution in [-0.2, 0) is 11.3 Å². The van der Waals surface area contributed by atoms with Gasteiger partial charge in [-0.3, -0.25) is 4.79 Å². The number of nitrogens with one attached hydrogen (secondary N) is 1. The van der Waals surface area contributed by atoms with Gasteiger partial charge < -0.3 is 19.5 Å². The van der Waals surface area contributed by atoms with Gasteiger partial charge in [0.1, 0.15) is 24.7 Å². The summed E-state index contributed by atoms with van der Waals surface area (Å²) in [6.07, 6.45) is 2.33. The molecule has 0 radical (unpaired) electrons. The van der Waals surface area contributed by atoms with Crippen molar-refractivity contribution in [3.05, 3.63) is 90.0 Å². The van der Waals surface area contributed by atoms with Crippen LogP contribution in [0.1, 0.15) is 28.8 Å². The van der Waals surface area contributed by atoms with Gasteiger partial charge in [-0.25, -0.2) is 0 Å². The smallest absolute Gasteiger partial charge is 0.255 e. The summed E-state index contributed by atoms with van der Waals surface area (Å²) in [4.78, 5) is 12.5. The molecule has 0 aromatic heterocycles. The second kappa shape index (κ2) is 9.94. The van der Waals surface area contributed by atoms with Crippen LogP contribution in [0.5, 0.6) is 11.5 Å². The predicted molar refractivity (Wildman–Crippen MR) is 116 cm³/mol. The van der Waals surface area contributed by atoms with Crippen molar-refractivity contribution in [3.63, 3.8) is 0 Å². The lowest BCUT2D eigenvalue weighted by molar-refractivity contribution is 0.0679. The molecule has 1 atom stereocenters. The molecular formula is C25H25NO4. The fourth-order valence-corrected chi connectivity index (χ4v) is 3.25. The molecule has 30 heavy (non-hydrogen) atoms. The van der Waals surface area contributed by atoms with Gasteiger partial charge in [0.15, 0.2) is 0 Å². The van der Waals surface area contributed by atoms with E-state index in [2.05, 4.69) is 5.32 Å². The highest BCUT2D eigenvalue weighted by Crippen LogP contribution is 2.20. The minimum Gasteiger partial charge on any atom is -0.491 e. The summed E-state index contributed by atoms with van der Waals surface area (Å²) in [7, 11) is 0. The molecule has 0 spiro atoms. The molecule has 1 amide bonds. The van der Waals surface area contributed by atoms with Crippen molar-refractivity contribution in [2.45, 2.75) is 25.6 Å². The number of benzene rings is 3. The van der Waals surface area contributed by atoms with Crippen LogP contribution in [0, 0.1) is 0 Å². The van der Waals surface area contributed by atoms with Crippen molar-refractivity contribution in [3.8, 4) is 11.5 Å². The number of hydrogen-bond donors (Lipinski definition) is 1. The molecule has 5 nitrogen and oxygen atoms in total. The van der Waals surface area contributed by atoms with Gasteiger partial charge in [-0.05, 0) is 66.9 Å². The molecule has 1 aliphatic heterocycles. The summed E-state index contributed by atoms with van der Waals surface area (Å²) in [5.74, 6) is 1.32. The van der Waals surface area contributed by atoms with Crippen molar-refractivity contribution >= 4 is 11.6 Å². The Morgan fingerprint density at radius 3 is 2.30 bits per heavy atom. The van der Waals surface area contributed by atoms with Crippen LogP contribution in [0.15, 0.2) is 78.9 Å². The Hall–Kier alpha value is -3.31. The van der Waals surface area contributed by atoms with Crippen molar-refractivity contribution in [1.82, 2.24) is 0 Å². The Bertz CT molecular complexity index is 933. The van der Waals surface area contributed by atoms with E-state index in [1.54, 1.807) is 24.3 Å². The lowest BCUT2D eigenvalue weighted by Gasteiger charge is -2.12. The van der Waals surface area contributed by atoms with E-state index in [0.29, 0.717) is 24.5 Å². The van der Waals surface area contributed by atoms with Crippen LogP contribution in [-0.4, -0.2) is 25.2 Å². The van der Waals surface area contributed by atoms with Gasteiger partial charge in [0.05, 0.1) is 6.10 Å². The van der Waals surface area contributed by atoms with E-state index in [9.17, 15) is 4.79 Å². The molecule has 1 unspecified atom stereocenters. The average molecular weight is 403 g/mol. The number of hydrogen-bond acceptors (Lipinski definition) is 4. The molecule has 1 fully saturated rings. The predicted octanol–water partition coefficient (Wildman–Crippen LogP) is 5.08. The fourth-order valence-electron chi connectivity index (χ4n) is 3.25. The van der Waals surface area contributed by atoms with Crippen LogP contribution in [0.25, 0.3) is 0 Å².